The highest BCUT2D eigenvalue weighted by molar-refractivity contribution is 7.99. The first-order chi connectivity index (χ1) is 6.14. The van der Waals surface area contributed by atoms with Gasteiger partial charge in [-0.15, -0.1) is 0 Å². The summed E-state index contributed by atoms with van der Waals surface area (Å²) in [7, 11) is 0. The largest absolute Gasteiger partial charge is 0.302 e. The Labute approximate surface area is 92.1 Å². The predicted octanol–water partition coefficient (Wildman–Crippen LogP) is 2.38. The minimum absolute atomic E-state index is 0.373. The van der Waals surface area contributed by atoms with Gasteiger partial charge in [0, 0.05) is 18.8 Å². The molecule has 0 radical (unpaired) electrons. The van der Waals surface area contributed by atoms with E-state index in [1.165, 1.54) is 37.6 Å². The van der Waals surface area contributed by atoms with Gasteiger partial charge in [0.1, 0.15) is 0 Å². The Hall–Kier alpha value is 0.660. The summed E-state index contributed by atoms with van der Waals surface area (Å²) in [5.41, 5.74) is 0.373. The highest BCUT2D eigenvalue weighted by atomic mass is 32.2. The average molecular weight is 219 g/mol. The summed E-state index contributed by atoms with van der Waals surface area (Å²) in [5, 5.41) is 0. The van der Waals surface area contributed by atoms with Crippen molar-refractivity contribution < 1.29 is 0 Å². The third-order valence-electron chi connectivity index (χ3n) is 2.39. The summed E-state index contributed by atoms with van der Waals surface area (Å²) in [4.78, 5) is 2.59. The zero-order valence-corrected chi connectivity index (χ0v) is 10.5. The van der Waals surface area contributed by atoms with Crippen LogP contribution in [0, 0.1) is 5.41 Å². The van der Waals surface area contributed by atoms with Gasteiger partial charge in [0.05, 0.1) is 0 Å². The van der Waals surface area contributed by atoms with E-state index >= 15 is 0 Å². The summed E-state index contributed by atoms with van der Waals surface area (Å²) in [6.07, 6.45) is 1.35. The van der Waals surface area contributed by atoms with Gasteiger partial charge < -0.3 is 4.90 Å². The van der Waals surface area contributed by atoms with Crippen LogP contribution >= 0.6 is 24.4 Å². The lowest BCUT2D eigenvalue weighted by Crippen LogP contribution is -2.36. The van der Waals surface area contributed by atoms with Gasteiger partial charge >= 0.3 is 0 Å². The van der Waals surface area contributed by atoms with Gasteiger partial charge in [-0.2, -0.15) is 24.4 Å². The molecule has 0 spiro atoms. The van der Waals surface area contributed by atoms with E-state index in [0.29, 0.717) is 5.41 Å². The van der Waals surface area contributed by atoms with Crippen LogP contribution in [0.15, 0.2) is 0 Å². The molecule has 1 fully saturated rings. The van der Waals surface area contributed by atoms with Crippen molar-refractivity contribution in [3.8, 4) is 0 Å². The molecule has 0 unspecified atom stereocenters. The first-order valence-corrected chi connectivity index (χ1v) is 6.84. The topological polar surface area (TPSA) is 3.24 Å². The standard InChI is InChI=1S/C10H21NS2/c1-10(2,9-12)8-11-4-3-6-13-7-5-11/h12H,3-9H2,1-2H3. The molecule has 0 bridgehead atoms. The highest BCUT2D eigenvalue weighted by Gasteiger charge is 2.20. The smallest absolute Gasteiger partial charge is 0.00726 e. The Morgan fingerprint density at radius 1 is 1.31 bits per heavy atom. The maximum absolute atomic E-state index is 4.40. The predicted molar refractivity (Wildman–Crippen MR) is 66.0 cm³/mol. The normalized spacial score (nSPS) is 21.5. The molecule has 78 valence electrons. The van der Waals surface area contributed by atoms with Crippen molar-refractivity contribution in [2.45, 2.75) is 20.3 Å². The van der Waals surface area contributed by atoms with E-state index in [2.05, 4.69) is 43.1 Å². The molecule has 1 aliphatic heterocycles. The second-order valence-corrected chi connectivity index (χ2v) is 6.11. The van der Waals surface area contributed by atoms with Crippen LogP contribution in [0.1, 0.15) is 20.3 Å². The molecule has 1 heterocycles. The van der Waals surface area contributed by atoms with Crippen LogP contribution in [-0.2, 0) is 0 Å². The molecular weight excluding hydrogens is 198 g/mol. The Bertz CT molecular complexity index is 140. The Kier molecular flexibility index (Phi) is 4.98. The lowest BCUT2D eigenvalue weighted by Gasteiger charge is -2.30. The monoisotopic (exact) mass is 219 g/mol. The lowest BCUT2D eigenvalue weighted by molar-refractivity contribution is 0.207. The maximum atomic E-state index is 4.40. The lowest BCUT2D eigenvalue weighted by atomic mass is 9.95. The Balaban J connectivity index is 2.33. The summed E-state index contributed by atoms with van der Waals surface area (Å²) in [6, 6.07) is 0. The molecular formula is C10H21NS2. The second kappa shape index (κ2) is 5.52. The van der Waals surface area contributed by atoms with Crippen molar-refractivity contribution in [2.24, 2.45) is 5.41 Å². The Morgan fingerprint density at radius 3 is 2.77 bits per heavy atom. The van der Waals surface area contributed by atoms with Crippen LogP contribution in [0.5, 0.6) is 0 Å². The van der Waals surface area contributed by atoms with Gasteiger partial charge in [0.15, 0.2) is 0 Å². The van der Waals surface area contributed by atoms with Crippen LogP contribution < -0.4 is 0 Å². The van der Waals surface area contributed by atoms with Crippen molar-refractivity contribution in [3.05, 3.63) is 0 Å². The second-order valence-electron chi connectivity index (χ2n) is 4.56. The number of hydrogen-bond acceptors (Lipinski definition) is 3. The summed E-state index contributed by atoms with van der Waals surface area (Å²) >= 11 is 6.49. The van der Waals surface area contributed by atoms with E-state index in [1.54, 1.807) is 0 Å². The molecule has 0 atom stereocenters. The van der Waals surface area contributed by atoms with Crippen LogP contribution in [0.2, 0.25) is 0 Å². The van der Waals surface area contributed by atoms with Crippen molar-refractivity contribution in [3.63, 3.8) is 0 Å². The van der Waals surface area contributed by atoms with E-state index in [-0.39, 0.29) is 0 Å². The molecule has 0 aromatic heterocycles. The number of rotatable bonds is 3. The summed E-state index contributed by atoms with van der Waals surface area (Å²) < 4.78 is 0. The van der Waals surface area contributed by atoms with Crippen molar-refractivity contribution in [1.82, 2.24) is 4.90 Å². The molecule has 0 aromatic carbocycles. The van der Waals surface area contributed by atoms with E-state index in [4.69, 9.17) is 0 Å². The van der Waals surface area contributed by atoms with Gasteiger partial charge in [-0.05, 0) is 29.9 Å². The van der Waals surface area contributed by atoms with Gasteiger partial charge in [-0.25, -0.2) is 0 Å². The van der Waals surface area contributed by atoms with E-state index in [0.717, 1.165) is 5.75 Å². The Morgan fingerprint density at radius 2 is 2.08 bits per heavy atom. The molecule has 3 heteroatoms. The average Bonchev–Trinajstić information content (AvgIpc) is 2.32. The molecule has 13 heavy (non-hydrogen) atoms. The van der Waals surface area contributed by atoms with Gasteiger partial charge in [-0.3, -0.25) is 0 Å². The number of thioether (sulfide) groups is 1. The molecule has 0 saturated carbocycles. The minimum Gasteiger partial charge on any atom is -0.302 e. The van der Waals surface area contributed by atoms with Crippen LogP contribution in [0.25, 0.3) is 0 Å². The number of hydrogen-bond donors (Lipinski definition) is 1. The first kappa shape index (κ1) is 11.7. The third kappa shape index (κ3) is 4.61. The molecule has 0 N–H and O–H groups in total. The van der Waals surface area contributed by atoms with Crippen LogP contribution in [0.4, 0.5) is 0 Å². The molecule has 1 aliphatic rings. The molecule has 1 rings (SSSR count). The van der Waals surface area contributed by atoms with Crippen LogP contribution in [0.3, 0.4) is 0 Å². The summed E-state index contributed by atoms with van der Waals surface area (Å²) in [6.45, 7) is 8.36. The summed E-state index contributed by atoms with van der Waals surface area (Å²) in [5.74, 6) is 3.64. The third-order valence-corrected chi connectivity index (χ3v) is 4.30. The van der Waals surface area contributed by atoms with Crippen LogP contribution in [-0.4, -0.2) is 41.8 Å². The fraction of sp³-hybridized carbons (Fsp3) is 1.00. The van der Waals surface area contributed by atoms with E-state index in [1.807, 2.05) is 0 Å². The first-order valence-electron chi connectivity index (χ1n) is 5.05. The zero-order valence-electron chi connectivity index (χ0n) is 8.75. The molecule has 0 aromatic rings. The van der Waals surface area contributed by atoms with Crippen molar-refractivity contribution >= 4 is 24.4 Å². The van der Waals surface area contributed by atoms with Gasteiger partial charge in [0.25, 0.3) is 0 Å². The minimum atomic E-state index is 0.373. The quantitative estimate of drug-likeness (QED) is 0.726. The number of nitrogens with zero attached hydrogens (tertiary/aromatic N) is 1. The molecule has 0 aliphatic carbocycles. The highest BCUT2D eigenvalue weighted by Crippen LogP contribution is 2.20. The molecule has 0 amide bonds. The zero-order chi connectivity index (χ0) is 9.73. The van der Waals surface area contributed by atoms with E-state index < -0.39 is 0 Å². The maximum Gasteiger partial charge on any atom is 0.00726 e. The fourth-order valence-electron chi connectivity index (χ4n) is 1.61. The number of thiol groups is 1. The van der Waals surface area contributed by atoms with Gasteiger partial charge in [0.2, 0.25) is 0 Å². The van der Waals surface area contributed by atoms with Crippen molar-refractivity contribution in [1.29, 1.82) is 0 Å². The van der Waals surface area contributed by atoms with Gasteiger partial charge in [-0.1, -0.05) is 13.8 Å². The fourth-order valence-corrected chi connectivity index (χ4v) is 2.64. The van der Waals surface area contributed by atoms with Crippen molar-refractivity contribution in [2.75, 3.05) is 36.9 Å². The SMILES string of the molecule is CC(C)(CS)CN1CCCSCC1. The van der Waals surface area contributed by atoms with E-state index in [9.17, 15) is 0 Å². The molecule has 1 nitrogen and oxygen atoms in total. The molecule has 1 saturated heterocycles.